The van der Waals surface area contributed by atoms with Gasteiger partial charge in [-0.25, -0.2) is 0 Å². The van der Waals surface area contributed by atoms with E-state index in [2.05, 4.69) is 48.5 Å². The third-order valence-electron chi connectivity index (χ3n) is 5.69. The number of halogens is 2. The van der Waals surface area contributed by atoms with Crippen LogP contribution in [0, 0.1) is 0 Å². The summed E-state index contributed by atoms with van der Waals surface area (Å²) in [4.78, 5) is -0.607. The van der Waals surface area contributed by atoms with Gasteiger partial charge in [-0.1, -0.05) is 48.5 Å². The van der Waals surface area contributed by atoms with Crippen molar-refractivity contribution >= 4 is 23.2 Å². The fraction of sp³-hybridized carbons (Fsp3) is 0.333. The molecule has 2 aromatic carbocycles. The smallest absolute Gasteiger partial charge is 0.0762 e. The predicted molar refractivity (Wildman–Crippen MR) is 82.9 cm³/mol. The Bertz CT molecular complexity index is 674. The Kier molecular flexibility index (Phi) is 2.00. The van der Waals surface area contributed by atoms with Crippen molar-refractivity contribution in [2.24, 2.45) is 0 Å². The van der Waals surface area contributed by atoms with E-state index in [4.69, 9.17) is 23.2 Å². The Balaban J connectivity index is 1.74. The average Bonchev–Trinajstić information content (AvgIpc) is 2.87. The minimum atomic E-state index is -0.304. The van der Waals surface area contributed by atoms with Gasteiger partial charge in [-0.15, -0.1) is 23.2 Å². The summed E-state index contributed by atoms with van der Waals surface area (Å²) < 4.78 is 0. The largest absolute Gasteiger partial charge is 0.116 e. The zero-order chi connectivity index (χ0) is 13.5. The third kappa shape index (κ3) is 1.07. The van der Waals surface area contributed by atoms with Crippen LogP contribution >= 0.6 is 23.2 Å². The van der Waals surface area contributed by atoms with Gasteiger partial charge in [0.05, 0.1) is 9.75 Å². The van der Waals surface area contributed by atoms with Gasteiger partial charge in [0.2, 0.25) is 0 Å². The van der Waals surface area contributed by atoms with Gasteiger partial charge in [-0.3, -0.25) is 0 Å². The summed E-state index contributed by atoms with van der Waals surface area (Å²) in [5, 5.41) is 0. The van der Waals surface area contributed by atoms with Crippen LogP contribution in [0.3, 0.4) is 0 Å². The first kappa shape index (κ1) is 11.7. The molecule has 0 aliphatic heterocycles. The summed E-state index contributed by atoms with van der Waals surface area (Å²) in [6.45, 7) is 0. The van der Waals surface area contributed by atoms with Crippen LogP contribution in [-0.4, -0.2) is 9.75 Å². The van der Waals surface area contributed by atoms with E-state index in [-0.39, 0.29) is 9.75 Å². The normalized spacial score (nSPS) is 39.5. The van der Waals surface area contributed by atoms with Crippen molar-refractivity contribution in [2.45, 2.75) is 34.4 Å². The van der Waals surface area contributed by atoms with Gasteiger partial charge in [-0.05, 0) is 35.1 Å². The molecule has 0 amide bonds. The lowest BCUT2D eigenvalue weighted by Gasteiger charge is -2.58. The second-order valence-electron chi connectivity index (χ2n) is 6.43. The van der Waals surface area contributed by atoms with Gasteiger partial charge < -0.3 is 0 Å². The SMILES string of the molecule is ClC12Cc3ccccc3C1C1c3ccccc3CC12Cl. The summed E-state index contributed by atoms with van der Waals surface area (Å²) in [6.07, 6.45) is 1.81. The van der Waals surface area contributed by atoms with Crippen LogP contribution in [0.2, 0.25) is 0 Å². The zero-order valence-electron chi connectivity index (χ0n) is 10.9. The van der Waals surface area contributed by atoms with Crippen molar-refractivity contribution in [1.82, 2.24) is 0 Å². The second kappa shape index (κ2) is 3.43. The molecule has 0 aromatic heterocycles. The maximum Gasteiger partial charge on any atom is 0.0762 e. The molecule has 1 fully saturated rings. The van der Waals surface area contributed by atoms with Gasteiger partial charge in [0.25, 0.3) is 0 Å². The molecule has 3 aliphatic rings. The minimum Gasteiger partial charge on any atom is -0.116 e. The Hall–Kier alpha value is -0.980. The van der Waals surface area contributed by atoms with Crippen molar-refractivity contribution in [3.05, 3.63) is 70.8 Å². The highest BCUT2D eigenvalue weighted by atomic mass is 35.5. The van der Waals surface area contributed by atoms with Crippen LogP contribution in [0.4, 0.5) is 0 Å². The van der Waals surface area contributed by atoms with Gasteiger partial charge in [-0.2, -0.15) is 0 Å². The van der Waals surface area contributed by atoms with E-state index in [0.29, 0.717) is 11.8 Å². The first-order chi connectivity index (χ1) is 9.65. The number of alkyl halides is 2. The molecule has 5 rings (SSSR count). The third-order valence-corrected chi connectivity index (χ3v) is 7.19. The molecule has 2 heteroatoms. The Morgan fingerprint density at radius 1 is 0.700 bits per heavy atom. The highest BCUT2D eigenvalue weighted by molar-refractivity contribution is 6.38. The molecule has 0 saturated heterocycles. The molecule has 1 saturated carbocycles. The zero-order valence-corrected chi connectivity index (χ0v) is 12.5. The van der Waals surface area contributed by atoms with Crippen LogP contribution in [0.15, 0.2) is 48.5 Å². The number of hydrogen-bond acceptors (Lipinski definition) is 0. The molecule has 0 bridgehead atoms. The van der Waals surface area contributed by atoms with Crippen LogP contribution in [0.25, 0.3) is 0 Å². The van der Waals surface area contributed by atoms with Gasteiger partial charge in [0.15, 0.2) is 0 Å². The predicted octanol–water partition coefficient (Wildman–Crippen LogP) is 4.64. The number of rotatable bonds is 0. The van der Waals surface area contributed by atoms with Gasteiger partial charge >= 0.3 is 0 Å². The molecule has 0 nitrogen and oxygen atoms in total. The molecular weight excluding hydrogens is 287 g/mol. The van der Waals surface area contributed by atoms with Crippen molar-refractivity contribution in [2.75, 3.05) is 0 Å². The molecule has 0 radical (unpaired) electrons. The molecule has 0 spiro atoms. The van der Waals surface area contributed by atoms with Gasteiger partial charge in [0, 0.05) is 11.8 Å². The Labute approximate surface area is 128 Å². The molecule has 2 aromatic rings. The van der Waals surface area contributed by atoms with E-state index in [1.165, 1.54) is 22.3 Å². The summed E-state index contributed by atoms with van der Waals surface area (Å²) in [7, 11) is 0. The number of fused-ring (bicyclic) bond motifs is 8. The quantitative estimate of drug-likeness (QED) is 0.622. The second-order valence-corrected chi connectivity index (χ2v) is 7.78. The number of hydrogen-bond donors (Lipinski definition) is 0. The first-order valence-electron chi connectivity index (χ1n) is 7.18. The van der Waals surface area contributed by atoms with Crippen molar-refractivity contribution in [3.63, 3.8) is 0 Å². The standard InChI is InChI=1S/C18H14Cl2/c19-17-9-11-5-1-3-7-13(11)15(17)16-14-8-4-2-6-12(14)10-18(16,17)20/h1-8,15-16H,9-10H2. The molecule has 20 heavy (non-hydrogen) atoms. The number of benzene rings is 2. The van der Waals surface area contributed by atoms with E-state index < -0.39 is 0 Å². The van der Waals surface area contributed by atoms with E-state index >= 15 is 0 Å². The highest BCUT2D eigenvalue weighted by Gasteiger charge is 2.75. The fourth-order valence-corrected chi connectivity index (χ4v) is 6.01. The Morgan fingerprint density at radius 2 is 1.10 bits per heavy atom. The lowest BCUT2D eigenvalue weighted by atomic mass is 9.56. The summed E-state index contributed by atoms with van der Waals surface area (Å²) >= 11 is 14.1. The van der Waals surface area contributed by atoms with E-state index in [1.807, 2.05) is 0 Å². The molecule has 4 atom stereocenters. The first-order valence-corrected chi connectivity index (χ1v) is 7.94. The molecule has 3 aliphatic carbocycles. The molecule has 100 valence electrons. The summed E-state index contributed by atoms with van der Waals surface area (Å²) in [5.74, 6) is 0.753. The fourth-order valence-electron chi connectivity index (χ4n) is 4.87. The van der Waals surface area contributed by atoms with Crippen molar-refractivity contribution in [1.29, 1.82) is 0 Å². The van der Waals surface area contributed by atoms with Gasteiger partial charge in [0.1, 0.15) is 0 Å². The Morgan fingerprint density at radius 3 is 1.55 bits per heavy atom. The van der Waals surface area contributed by atoms with Crippen LogP contribution < -0.4 is 0 Å². The highest BCUT2D eigenvalue weighted by Crippen LogP contribution is 2.76. The van der Waals surface area contributed by atoms with Crippen LogP contribution in [-0.2, 0) is 12.8 Å². The maximum atomic E-state index is 7.07. The lowest BCUT2D eigenvalue weighted by molar-refractivity contribution is 0.182. The topological polar surface area (TPSA) is 0 Å². The minimum absolute atomic E-state index is 0.304. The molecule has 0 N–H and O–H groups in total. The maximum absolute atomic E-state index is 7.07. The van der Waals surface area contributed by atoms with E-state index in [9.17, 15) is 0 Å². The summed E-state index contributed by atoms with van der Waals surface area (Å²) in [5.41, 5.74) is 5.61. The van der Waals surface area contributed by atoms with E-state index in [1.54, 1.807) is 0 Å². The van der Waals surface area contributed by atoms with E-state index in [0.717, 1.165) is 12.8 Å². The van der Waals surface area contributed by atoms with Crippen LogP contribution in [0.1, 0.15) is 34.1 Å². The average molecular weight is 301 g/mol. The lowest BCUT2D eigenvalue weighted by Crippen LogP contribution is -2.64. The molecule has 4 unspecified atom stereocenters. The van der Waals surface area contributed by atoms with Crippen molar-refractivity contribution in [3.8, 4) is 0 Å². The monoisotopic (exact) mass is 300 g/mol. The summed E-state index contributed by atoms with van der Waals surface area (Å²) in [6, 6.07) is 17.3. The van der Waals surface area contributed by atoms with Crippen molar-refractivity contribution < 1.29 is 0 Å². The molecular formula is C18H14Cl2. The van der Waals surface area contributed by atoms with Crippen LogP contribution in [0.5, 0.6) is 0 Å². The molecule has 0 heterocycles.